The fraction of sp³-hybridized carbons (Fsp3) is 0.0435. The molecule has 0 fully saturated rings. The molecule has 5 aromatic rings. The fourth-order valence-corrected chi connectivity index (χ4v) is 3.47. The molecule has 170 valence electrons. The Labute approximate surface area is 190 Å². The first kappa shape index (κ1) is 21.2. The summed E-state index contributed by atoms with van der Waals surface area (Å²) in [6.07, 6.45) is 4.96. The molecule has 0 aliphatic heterocycles. The highest BCUT2D eigenvalue weighted by Gasteiger charge is 2.34. The molecule has 0 saturated carbocycles. The van der Waals surface area contributed by atoms with Gasteiger partial charge in [0.1, 0.15) is 11.5 Å². The van der Waals surface area contributed by atoms with Crippen molar-refractivity contribution in [2.75, 3.05) is 11.1 Å². The summed E-state index contributed by atoms with van der Waals surface area (Å²) in [6, 6.07) is 11.2. The Morgan fingerprint density at radius 3 is 2.53 bits per heavy atom. The predicted octanol–water partition coefficient (Wildman–Crippen LogP) is 4.44. The van der Waals surface area contributed by atoms with E-state index in [-0.39, 0.29) is 11.5 Å². The molecule has 4 aromatic heterocycles. The van der Waals surface area contributed by atoms with Gasteiger partial charge in [0.25, 0.3) is 5.91 Å². The molecule has 0 aliphatic carbocycles. The van der Waals surface area contributed by atoms with Crippen molar-refractivity contribution in [1.82, 2.24) is 23.9 Å². The van der Waals surface area contributed by atoms with E-state index in [9.17, 15) is 18.0 Å². The van der Waals surface area contributed by atoms with Gasteiger partial charge in [0, 0.05) is 47.2 Å². The third-order valence-corrected chi connectivity index (χ3v) is 5.18. The number of benzene rings is 1. The van der Waals surface area contributed by atoms with Crippen LogP contribution in [0.1, 0.15) is 15.9 Å². The highest BCUT2D eigenvalue weighted by Crippen LogP contribution is 2.35. The number of fused-ring (bicyclic) bond motifs is 1. The minimum absolute atomic E-state index is 0.251. The van der Waals surface area contributed by atoms with E-state index in [1.807, 2.05) is 4.57 Å². The van der Waals surface area contributed by atoms with E-state index in [0.717, 1.165) is 11.8 Å². The first-order valence-electron chi connectivity index (χ1n) is 9.99. The first-order chi connectivity index (χ1) is 16.3. The van der Waals surface area contributed by atoms with Crippen LogP contribution in [0.25, 0.3) is 22.5 Å². The SMILES string of the molecule is Nc1ncc(-c2ccc3nc(NC(=O)c4ccc(-n5ccnc5)cc4)cn3c2)cc1C(F)(F)F. The molecule has 8 nitrogen and oxygen atoms in total. The van der Waals surface area contributed by atoms with Crippen molar-refractivity contribution in [3.63, 3.8) is 0 Å². The lowest BCUT2D eigenvalue weighted by Gasteiger charge is -2.11. The molecule has 0 radical (unpaired) electrons. The number of aromatic nitrogens is 5. The lowest BCUT2D eigenvalue weighted by molar-refractivity contribution is -0.137. The zero-order valence-electron chi connectivity index (χ0n) is 17.4. The number of carbonyl (C=O) groups excluding carboxylic acids is 1. The van der Waals surface area contributed by atoms with Gasteiger partial charge in [-0.25, -0.2) is 15.0 Å². The van der Waals surface area contributed by atoms with Crippen LogP contribution < -0.4 is 11.1 Å². The maximum absolute atomic E-state index is 13.2. The van der Waals surface area contributed by atoms with Crippen molar-refractivity contribution in [2.24, 2.45) is 0 Å². The number of nitrogens with one attached hydrogen (secondary N) is 1. The summed E-state index contributed by atoms with van der Waals surface area (Å²) in [5, 5.41) is 2.73. The fourth-order valence-electron chi connectivity index (χ4n) is 3.47. The van der Waals surface area contributed by atoms with Gasteiger partial charge < -0.3 is 20.0 Å². The van der Waals surface area contributed by atoms with Gasteiger partial charge in [0.15, 0.2) is 5.82 Å². The summed E-state index contributed by atoms with van der Waals surface area (Å²) in [5.41, 5.74) is 6.93. The number of nitrogens with zero attached hydrogens (tertiary/aromatic N) is 5. The third-order valence-electron chi connectivity index (χ3n) is 5.18. The lowest BCUT2D eigenvalue weighted by atomic mass is 10.1. The number of nitrogen functional groups attached to an aromatic ring is 1. The smallest absolute Gasteiger partial charge is 0.383 e. The van der Waals surface area contributed by atoms with Gasteiger partial charge in [-0.1, -0.05) is 0 Å². The second kappa shape index (κ2) is 8.03. The van der Waals surface area contributed by atoms with Gasteiger partial charge in [0.2, 0.25) is 0 Å². The number of hydrogen-bond donors (Lipinski definition) is 2. The highest BCUT2D eigenvalue weighted by molar-refractivity contribution is 6.04. The van der Waals surface area contributed by atoms with Gasteiger partial charge >= 0.3 is 6.18 Å². The molecule has 1 amide bonds. The van der Waals surface area contributed by atoms with Crippen LogP contribution in [0.5, 0.6) is 0 Å². The van der Waals surface area contributed by atoms with Gasteiger partial charge in [-0.05, 0) is 42.5 Å². The minimum Gasteiger partial charge on any atom is -0.383 e. The molecule has 0 unspecified atom stereocenters. The number of carbonyl (C=O) groups is 1. The minimum atomic E-state index is -4.61. The predicted molar refractivity (Wildman–Crippen MR) is 119 cm³/mol. The highest BCUT2D eigenvalue weighted by atomic mass is 19.4. The van der Waals surface area contributed by atoms with Crippen LogP contribution in [0.4, 0.5) is 24.8 Å². The first-order valence-corrected chi connectivity index (χ1v) is 9.99. The van der Waals surface area contributed by atoms with Crippen molar-refractivity contribution < 1.29 is 18.0 Å². The molecule has 1 aromatic carbocycles. The standard InChI is InChI=1S/C23H16F3N7O/c24-23(25,26)18-9-16(10-29-21(18)27)15-3-6-20-30-19(12-33(20)11-15)31-22(34)14-1-4-17(5-2-14)32-8-7-28-13-32/h1-13H,(H2,27,29)(H,31,34). The molecule has 3 N–H and O–H groups in total. The zero-order valence-corrected chi connectivity index (χ0v) is 17.4. The quantitative estimate of drug-likeness (QED) is 0.410. The Bertz CT molecular complexity index is 1490. The van der Waals surface area contributed by atoms with Crippen molar-refractivity contribution in [1.29, 1.82) is 0 Å². The summed E-state index contributed by atoms with van der Waals surface area (Å²) in [6.45, 7) is 0. The van der Waals surface area contributed by atoms with Gasteiger partial charge in [-0.15, -0.1) is 0 Å². The number of rotatable bonds is 4. The van der Waals surface area contributed by atoms with E-state index >= 15 is 0 Å². The van der Waals surface area contributed by atoms with Crippen LogP contribution in [-0.2, 0) is 6.18 Å². The van der Waals surface area contributed by atoms with Crippen molar-refractivity contribution in [3.05, 3.63) is 90.9 Å². The molecular weight excluding hydrogens is 447 g/mol. The Kier molecular flexibility index (Phi) is 5.01. The number of pyridine rings is 2. The number of halogens is 3. The number of alkyl halides is 3. The van der Waals surface area contributed by atoms with Crippen molar-refractivity contribution in [3.8, 4) is 16.8 Å². The van der Waals surface area contributed by atoms with Crippen LogP contribution in [0.15, 0.2) is 79.8 Å². The summed E-state index contributed by atoms with van der Waals surface area (Å²) in [5.74, 6) is -0.631. The summed E-state index contributed by atoms with van der Waals surface area (Å²) >= 11 is 0. The molecule has 5 rings (SSSR count). The van der Waals surface area contributed by atoms with Crippen LogP contribution in [-0.4, -0.2) is 29.8 Å². The summed E-state index contributed by atoms with van der Waals surface area (Å²) < 4.78 is 43.0. The maximum atomic E-state index is 13.2. The molecule has 0 bridgehead atoms. The van der Waals surface area contributed by atoms with Gasteiger partial charge in [-0.2, -0.15) is 13.2 Å². The average molecular weight is 463 g/mol. The normalized spacial score (nSPS) is 11.6. The third kappa shape index (κ3) is 4.06. The molecule has 0 saturated heterocycles. The lowest BCUT2D eigenvalue weighted by Crippen LogP contribution is -2.12. The number of hydrogen-bond acceptors (Lipinski definition) is 5. The van der Waals surface area contributed by atoms with Gasteiger partial charge in [-0.3, -0.25) is 4.79 Å². The molecule has 4 heterocycles. The van der Waals surface area contributed by atoms with Crippen LogP contribution in [0.2, 0.25) is 0 Å². The van der Waals surface area contributed by atoms with E-state index in [1.54, 1.807) is 71.9 Å². The Hall–Kier alpha value is -4.67. The van der Waals surface area contributed by atoms with Crippen LogP contribution in [0, 0.1) is 0 Å². The average Bonchev–Trinajstić information content (AvgIpc) is 3.48. The van der Waals surface area contributed by atoms with Gasteiger partial charge in [0.05, 0.1) is 18.1 Å². The second-order valence-corrected chi connectivity index (χ2v) is 7.43. The molecular formula is C23H16F3N7O. The van der Waals surface area contributed by atoms with Crippen LogP contribution >= 0.6 is 0 Å². The van der Waals surface area contributed by atoms with Crippen LogP contribution in [0.3, 0.4) is 0 Å². The molecule has 34 heavy (non-hydrogen) atoms. The molecule has 0 aliphatic rings. The Balaban J connectivity index is 1.37. The monoisotopic (exact) mass is 463 g/mol. The maximum Gasteiger partial charge on any atom is 0.419 e. The van der Waals surface area contributed by atoms with Crippen molar-refractivity contribution >= 4 is 23.2 Å². The number of imidazole rings is 2. The van der Waals surface area contributed by atoms with E-state index in [2.05, 4.69) is 20.3 Å². The summed E-state index contributed by atoms with van der Waals surface area (Å²) in [4.78, 5) is 24.6. The van der Waals surface area contributed by atoms with E-state index in [0.29, 0.717) is 22.6 Å². The molecule has 11 heteroatoms. The second-order valence-electron chi connectivity index (χ2n) is 7.43. The molecule has 0 spiro atoms. The van der Waals surface area contributed by atoms with E-state index < -0.39 is 17.6 Å². The zero-order chi connectivity index (χ0) is 23.9. The van der Waals surface area contributed by atoms with Crippen molar-refractivity contribution in [2.45, 2.75) is 6.18 Å². The molecule has 0 atom stereocenters. The Morgan fingerprint density at radius 2 is 1.82 bits per heavy atom. The summed E-state index contributed by atoms with van der Waals surface area (Å²) in [7, 11) is 0. The number of anilines is 2. The topological polar surface area (TPSA) is 103 Å². The Morgan fingerprint density at radius 1 is 1.03 bits per heavy atom. The van der Waals surface area contributed by atoms with E-state index in [4.69, 9.17) is 5.73 Å². The number of nitrogens with two attached hydrogens (primary N) is 1. The van der Waals surface area contributed by atoms with E-state index in [1.165, 1.54) is 6.20 Å². The number of amides is 1. The largest absolute Gasteiger partial charge is 0.419 e.